The quantitative estimate of drug-likeness (QED) is 0.514. The van der Waals surface area contributed by atoms with E-state index >= 15 is 0 Å². The number of thiol groups is 1. The van der Waals surface area contributed by atoms with Crippen molar-refractivity contribution in [2.24, 2.45) is 0 Å². The Morgan fingerprint density at radius 1 is 1.04 bits per heavy atom. The van der Waals surface area contributed by atoms with E-state index < -0.39 is 0 Å². The summed E-state index contributed by atoms with van der Waals surface area (Å²) in [7, 11) is 0. The van der Waals surface area contributed by atoms with E-state index in [0.29, 0.717) is 16.0 Å². The summed E-state index contributed by atoms with van der Waals surface area (Å²) in [5.74, 6) is -0.729. The number of Topliss-reactive ketones (excluding diaryl/α,β-unsaturated/α-hetero) is 2. The van der Waals surface area contributed by atoms with Gasteiger partial charge in [-0.1, -0.05) is 36.5 Å². The molecule has 0 bridgehead atoms. The van der Waals surface area contributed by atoms with E-state index in [1.807, 2.05) is 25.2 Å². The van der Waals surface area contributed by atoms with Gasteiger partial charge < -0.3 is 0 Å². The molecule has 116 valence electrons. The van der Waals surface area contributed by atoms with Gasteiger partial charge in [0.05, 0.1) is 0 Å². The van der Waals surface area contributed by atoms with E-state index in [2.05, 4.69) is 12.6 Å². The number of fused-ring (bicyclic) bond motifs is 1. The van der Waals surface area contributed by atoms with E-state index in [4.69, 9.17) is 0 Å². The molecule has 0 amide bonds. The summed E-state index contributed by atoms with van der Waals surface area (Å²) in [5, 5.41) is 0. The highest BCUT2D eigenvalue weighted by Gasteiger charge is 2.26. The maximum atomic E-state index is 12.5. The zero-order valence-corrected chi connectivity index (χ0v) is 13.8. The number of hydrogen-bond donors (Lipinski definition) is 1. The summed E-state index contributed by atoms with van der Waals surface area (Å²) < 4.78 is 0. The van der Waals surface area contributed by atoms with Gasteiger partial charge in [0.2, 0.25) is 0 Å². The molecule has 0 spiro atoms. The molecule has 2 rings (SSSR count). The van der Waals surface area contributed by atoms with Gasteiger partial charge in [0, 0.05) is 27.2 Å². The Bertz CT molecular complexity index is 808. The molecular weight excluding hydrogens is 308 g/mol. The Labute approximate surface area is 140 Å². The summed E-state index contributed by atoms with van der Waals surface area (Å²) in [6.07, 6.45) is 11.9. The zero-order chi connectivity index (χ0) is 17.0. The van der Waals surface area contributed by atoms with E-state index in [1.54, 1.807) is 18.2 Å². The molecule has 1 aliphatic carbocycles. The average molecular weight is 324 g/mol. The van der Waals surface area contributed by atoms with Gasteiger partial charge >= 0.3 is 0 Å². The average Bonchev–Trinajstić information content (AvgIpc) is 2.51. The van der Waals surface area contributed by atoms with Crippen LogP contribution in [0.1, 0.15) is 44.9 Å². The number of carbonyl (C=O) groups excluding carboxylic acids is 3. The van der Waals surface area contributed by atoms with Crippen molar-refractivity contribution in [1.82, 2.24) is 0 Å². The van der Waals surface area contributed by atoms with Gasteiger partial charge in [-0.05, 0) is 32.1 Å². The van der Waals surface area contributed by atoms with Crippen molar-refractivity contribution < 1.29 is 14.4 Å². The van der Waals surface area contributed by atoms with Crippen LogP contribution in [0.25, 0.3) is 0 Å². The number of rotatable bonds is 4. The monoisotopic (exact) mass is 324 g/mol. The van der Waals surface area contributed by atoms with Gasteiger partial charge in [-0.2, -0.15) is 0 Å². The summed E-state index contributed by atoms with van der Waals surface area (Å²) in [6, 6.07) is 2.94. The second-order valence-corrected chi connectivity index (χ2v) is 5.52. The van der Waals surface area contributed by atoms with Crippen molar-refractivity contribution in [1.29, 1.82) is 0 Å². The molecule has 0 heterocycles. The molecule has 3 nitrogen and oxygen atoms in total. The first-order valence-corrected chi connectivity index (χ1v) is 7.55. The van der Waals surface area contributed by atoms with Crippen LogP contribution in [-0.2, 0) is 0 Å². The molecule has 0 atom stereocenters. The normalized spacial score (nSPS) is 14.8. The number of ketones is 3. The fourth-order valence-corrected chi connectivity index (χ4v) is 2.58. The van der Waals surface area contributed by atoms with Crippen LogP contribution in [0.3, 0.4) is 0 Å². The van der Waals surface area contributed by atoms with E-state index in [1.165, 1.54) is 25.1 Å². The van der Waals surface area contributed by atoms with Crippen molar-refractivity contribution in [3.63, 3.8) is 0 Å². The molecule has 0 aliphatic heterocycles. The minimum atomic E-state index is -0.272. The molecule has 0 N–H and O–H groups in total. The van der Waals surface area contributed by atoms with Gasteiger partial charge in [0.1, 0.15) is 0 Å². The van der Waals surface area contributed by atoms with Crippen molar-refractivity contribution in [2.75, 3.05) is 0 Å². The van der Waals surface area contributed by atoms with Crippen LogP contribution < -0.4 is 0 Å². The number of hydrogen-bond acceptors (Lipinski definition) is 4. The fraction of sp³-hybridized carbons (Fsp3) is 0.105. The van der Waals surface area contributed by atoms with Crippen molar-refractivity contribution in [2.45, 2.75) is 18.7 Å². The van der Waals surface area contributed by atoms with Crippen LogP contribution in [0.15, 0.2) is 65.1 Å². The standard InChI is InChI=1S/C19H16O3S/c1-3-4-5-6-7-8-13-9-17(21)15-11-18(23)14(12(2)20)10-16(15)19(13)22/h3-11,23H,1-2H3/b4-3+,6-5+,8-7+. The van der Waals surface area contributed by atoms with Crippen LogP contribution in [0, 0.1) is 0 Å². The van der Waals surface area contributed by atoms with E-state index in [9.17, 15) is 14.4 Å². The van der Waals surface area contributed by atoms with Crippen LogP contribution in [0.5, 0.6) is 0 Å². The summed E-state index contributed by atoms with van der Waals surface area (Å²) >= 11 is 4.22. The van der Waals surface area contributed by atoms with Crippen molar-refractivity contribution >= 4 is 30.0 Å². The highest BCUT2D eigenvalue weighted by molar-refractivity contribution is 7.80. The number of benzene rings is 1. The maximum Gasteiger partial charge on any atom is 0.193 e. The molecule has 1 aromatic carbocycles. The first-order chi connectivity index (χ1) is 11.0. The lowest BCUT2D eigenvalue weighted by atomic mass is 9.87. The maximum absolute atomic E-state index is 12.5. The molecule has 23 heavy (non-hydrogen) atoms. The molecule has 0 saturated carbocycles. The Hall–Kier alpha value is -2.46. The third-order valence-corrected chi connectivity index (χ3v) is 3.75. The Morgan fingerprint density at radius 2 is 1.74 bits per heavy atom. The third kappa shape index (κ3) is 3.66. The van der Waals surface area contributed by atoms with Gasteiger partial charge in [-0.25, -0.2) is 0 Å². The lowest BCUT2D eigenvalue weighted by molar-refractivity contribution is 0.0984. The van der Waals surface area contributed by atoms with Crippen molar-refractivity contribution in [3.8, 4) is 0 Å². The summed E-state index contributed by atoms with van der Waals surface area (Å²) in [6.45, 7) is 3.30. The van der Waals surface area contributed by atoms with E-state index in [0.717, 1.165) is 0 Å². The Kier molecular flexibility index (Phi) is 5.29. The molecule has 1 aromatic rings. The molecule has 0 saturated heterocycles. The summed E-state index contributed by atoms with van der Waals surface area (Å²) in [4.78, 5) is 36.7. The molecule has 0 fully saturated rings. The van der Waals surface area contributed by atoms with Crippen molar-refractivity contribution in [3.05, 3.63) is 76.9 Å². The van der Waals surface area contributed by atoms with Crippen LogP contribution >= 0.6 is 12.6 Å². The summed E-state index contributed by atoms with van der Waals surface area (Å²) in [5.41, 5.74) is 1.17. The highest BCUT2D eigenvalue weighted by atomic mass is 32.1. The molecular formula is C19H16O3S. The number of allylic oxidation sites excluding steroid dienone is 8. The van der Waals surface area contributed by atoms with Crippen LogP contribution in [-0.4, -0.2) is 17.3 Å². The first kappa shape index (κ1) is 16.9. The lowest BCUT2D eigenvalue weighted by Gasteiger charge is -2.15. The zero-order valence-electron chi connectivity index (χ0n) is 12.9. The topological polar surface area (TPSA) is 51.2 Å². The fourth-order valence-electron chi connectivity index (χ4n) is 2.22. The second-order valence-electron chi connectivity index (χ2n) is 5.03. The Balaban J connectivity index is 2.41. The van der Waals surface area contributed by atoms with Gasteiger partial charge in [-0.3, -0.25) is 14.4 Å². The van der Waals surface area contributed by atoms with Crippen LogP contribution in [0.4, 0.5) is 0 Å². The highest BCUT2D eigenvalue weighted by Crippen LogP contribution is 2.27. The predicted octanol–water partition coefficient (Wildman–Crippen LogP) is 4.17. The molecule has 0 radical (unpaired) electrons. The smallest absolute Gasteiger partial charge is 0.193 e. The SMILES string of the molecule is C/C=C/C=C/C=C/C1=CC(=O)c2cc(S)c(C(C)=O)cc2C1=O. The van der Waals surface area contributed by atoms with Gasteiger partial charge in [0.25, 0.3) is 0 Å². The largest absolute Gasteiger partial charge is 0.294 e. The molecule has 0 unspecified atom stereocenters. The molecule has 1 aliphatic rings. The van der Waals surface area contributed by atoms with E-state index in [-0.39, 0.29) is 28.5 Å². The minimum Gasteiger partial charge on any atom is -0.294 e. The second kappa shape index (κ2) is 7.20. The third-order valence-electron chi connectivity index (χ3n) is 3.38. The number of carbonyl (C=O) groups is 3. The lowest BCUT2D eigenvalue weighted by Crippen LogP contribution is -2.17. The van der Waals surface area contributed by atoms with Gasteiger partial charge in [-0.15, -0.1) is 12.6 Å². The van der Waals surface area contributed by atoms with Crippen LogP contribution in [0.2, 0.25) is 0 Å². The molecule has 0 aromatic heterocycles. The molecule has 4 heteroatoms. The van der Waals surface area contributed by atoms with Gasteiger partial charge in [0.15, 0.2) is 17.3 Å². The predicted molar refractivity (Wildman–Crippen MR) is 93.5 cm³/mol. The minimum absolute atomic E-state index is 0.195. The first-order valence-electron chi connectivity index (χ1n) is 7.10. The Morgan fingerprint density at radius 3 is 2.39 bits per heavy atom.